The minimum Gasteiger partial charge on any atom is -0.481 e. The number of benzene rings is 5. The van der Waals surface area contributed by atoms with Gasteiger partial charge in [0.25, 0.3) is 0 Å². The molecule has 0 aromatic heterocycles. The fourth-order valence-corrected chi connectivity index (χ4v) is 10.3. The molecule has 1 spiro atoms. The van der Waals surface area contributed by atoms with E-state index in [0.717, 1.165) is 43.8 Å². The minimum atomic E-state index is -0.625. The zero-order valence-electron chi connectivity index (χ0n) is 28.8. The van der Waals surface area contributed by atoms with E-state index < -0.39 is 29.2 Å². The maximum absolute atomic E-state index is 13.4. The van der Waals surface area contributed by atoms with Crippen molar-refractivity contribution in [2.45, 2.75) is 81.3 Å². The lowest BCUT2D eigenvalue weighted by Crippen LogP contribution is -2.78. The van der Waals surface area contributed by atoms with Gasteiger partial charge < -0.3 is 18.9 Å². The first kappa shape index (κ1) is 31.1. The molecule has 5 aliphatic rings. The van der Waals surface area contributed by atoms with Gasteiger partial charge in [0.05, 0.1) is 23.2 Å². The fraction of sp³-hybridized carbons (Fsp3) is 0.364. The first-order valence-corrected chi connectivity index (χ1v) is 18.5. The van der Waals surface area contributed by atoms with E-state index in [1.165, 1.54) is 52.4 Å². The second-order valence-corrected chi connectivity index (χ2v) is 15.3. The van der Waals surface area contributed by atoms with Crippen LogP contribution in [-0.2, 0) is 32.7 Å². The molecule has 2 heterocycles. The molecule has 7 nitrogen and oxygen atoms in total. The molecule has 5 aromatic rings. The molecular formula is C44H41NO6. The van der Waals surface area contributed by atoms with Crippen LogP contribution in [0.25, 0.3) is 21.5 Å². The molecule has 1 saturated heterocycles. The summed E-state index contributed by atoms with van der Waals surface area (Å²) in [5.41, 5.74) is 2.72. The Morgan fingerprint density at radius 3 is 2.31 bits per heavy atom. The topological polar surface area (TPSA) is 74.3 Å². The van der Waals surface area contributed by atoms with Crippen LogP contribution in [0.4, 0.5) is 0 Å². The summed E-state index contributed by atoms with van der Waals surface area (Å²) in [5.74, 6) is 0.973. The van der Waals surface area contributed by atoms with Crippen LogP contribution in [0.1, 0.15) is 66.1 Å². The summed E-state index contributed by atoms with van der Waals surface area (Å²) in [7, 11) is 0. The molecule has 7 heteroatoms. The molecule has 258 valence electrons. The lowest BCUT2D eigenvalue weighted by molar-refractivity contribution is -0.241. The number of carbonyl (C=O) groups excluding carboxylic acids is 2. The summed E-state index contributed by atoms with van der Waals surface area (Å²) < 4.78 is 27.0. The number of rotatable bonds is 8. The van der Waals surface area contributed by atoms with Crippen LogP contribution in [0.5, 0.6) is 11.5 Å². The van der Waals surface area contributed by atoms with E-state index in [-0.39, 0.29) is 12.0 Å². The highest BCUT2D eigenvalue weighted by molar-refractivity contribution is 6.02. The zero-order chi connectivity index (χ0) is 34.3. The van der Waals surface area contributed by atoms with Gasteiger partial charge in [-0.25, -0.2) is 4.79 Å². The predicted octanol–water partition coefficient (Wildman–Crippen LogP) is 7.93. The molecule has 2 aliphatic heterocycles. The van der Waals surface area contributed by atoms with Crippen molar-refractivity contribution in [3.05, 3.63) is 119 Å². The second-order valence-electron chi connectivity index (χ2n) is 15.3. The summed E-state index contributed by atoms with van der Waals surface area (Å²) in [6.07, 6.45) is 4.59. The number of likely N-dealkylation sites (tertiary alicyclic amines) is 1. The highest BCUT2D eigenvalue weighted by Gasteiger charge is 2.75. The van der Waals surface area contributed by atoms with Gasteiger partial charge >= 0.3 is 11.9 Å². The van der Waals surface area contributed by atoms with Crippen molar-refractivity contribution in [2.75, 3.05) is 13.1 Å². The molecule has 3 aliphatic carbocycles. The minimum absolute atomic E-state index is 0.119. The van der Waals surface area contributed by atoms with Gasteiger partial charge in [0.15, 0.2) is 11.5 Å². The monoisotopic (exact) mass is 679 g/mol. The van der Waals surface area contributed by atoms with Gasteiger partial charge in [-0.2, -0.15) is 0 Å². The Morgan fingerprint density at radius 1 is 0.863 bits per heavy atom. The van der Waals surface area contributed by atoms with Gasteiger partial charge in [-0.05, 0) is 108 Å². The number of fused-ring (bicyclic) bond motifs is 2. The Hall–Kier alpha value is -4.72. The van der Waals surface area contributed by atoms with Crippen molar-refractivity contribution < 1.29 is 28.5 Å². The van der Waals surface area contributed by atoms with Crippen molar-refractivity contribution >= 4 is 33.5 Å². The number of ether oxygens (including phenoxy) is 4. The smallest absolute Gasteiger partial charge is 0.343 e. The fourth-order valence-electron chi connectivity index (χ4n) is 10.3. The van der Waals surface area contributed by atoms with Crippen molar-refractivity contribution in [3.8, 4) is 11.5 Å². The normalized spacial score (nSPS) is 27.5. The molecular weight excluding hydrogens is 638 g/mol. The number of esters is 2. The molecule has 51 heavy (non-hydrogen) atoms. The molecule has 10 rings (SSSR count). The molecule has 0 radical (unpaired) electrons. The summed E-state index contributed by atoms with van der Waals surface area (Å²) in [4.78, 5) is 28.7. The van der Waals surface area contributed by atoms with Crippen LogP contribution >= 0.6 is 0 Å². The van der Waals surface area contributed by atoms with Crippen LogP contribution in [0, 0.1) is 5.92 Å². The van der Waals surface area contributed by atoms with E-state index in [9.17, 15) is 9.59 Å². The number of nitrogens with zero attached hydrogens (tertiary/aromatic N) is 1. The maximum Gasteiger partial charge on any atom is 0.343 e. The summed E-state index contributed by atoms with van der Waals surface area (Å²) in [5, 5.41) is 4.79. The highest BCUT2D eigenvalue weighted by atomic mass is 16.6. The van der Waals surface area contributed by atoms with Gasteiger partial charge in [0.1, 0.15) is 12.2 Å². The molecule has 0 unspecified atom stereocenters. The molecule has 0 N–H and O–H groups in total. The lowest BCUT2D eigenvalue weighted by atomic mass is 9.48. The first-order valence-electron chi connectivity index (χ1n) is 18.5. The summed E-state index contributed by atoms with van der Waals surface area (Å²) in [6.45, 7) is 3.89. The van der Waals surface area contributed by atoms with E-state index >= 15 is 0 Å². The third kappa shape index (κ3) is 4.70. The Bertz CT molecular complexity index is 2160. The van der Waals surface area contributed by atoms with Crippen molar-refractivity contribution in [2.24, 2.45) is 5.92 Å². The molecule has 5 atom stereocenters. The first-order chi connectivity index (χ1) is 24.9. The number of hydrogen-bond acceptors (Lipinski definition) is 7. The number of hydrogen-bond donors (Lipinski definition) is 0. The van der Waals surface area contributed by atoms with Gasteiger partial charge in [-0.15, -0.1) is 0 Å². The largest absolute Gasteiger partial charge is 0.481 e. The van der Waals surface area contributed by atoms with Crippen LogP contribution in [0.3, 0.4) is 0 Å². The van der Waals surface area contributed by atoms with Gasteiger partial charge in [0.2, 0.25) is 0 Å². The lowest BCUT2D eigenvalue weighted by Gasteiger charge is -2.65. The Balaban J connectivity index is 1.14. The van der Waals surface area contributed by atoms with E-state index in [4.69, 9.17) is 18.9 Å². The molecule has 5 aromatic carbocycles. The van der Waals surface area contributed by atoms with Crippen molar-refractivity contribution in [1.82, 2.24) is 4.90 Å². The zero-order valence-corrected chi connectivity index (χ0v) is 28.8. The Morgan fingerprint density at radius 2 is 1.59 bits per heavy atom. The van der Waals surface area contributed by atoms with Crippen LogP contribution in [-0.4, -0.2) is 53.8 Å². The SMILES string of the molecule is CC(=O)O[C@H]1CC[C@@]2(OCc3c4ccccc4cc4ccccc34)[C@H]3Cc4ccc(OC(=O)c5ccccc5)c5c4[C@@]2(CCN3CC2CC2)[C@H]1O5. The standard InChI is InChI=1S/C44H41NO6/c1-27(46)49-37-19-20-44(48-26-35-33-13-7-5-11-30(33)23-31-12-6-8-14-34(31)35)38-24-32-17-18-36(50-42(47)29-9-3-2-4-10-29)40-39(32)43(44,41(37)51-40)21-22-45(38)25-28-15-16-28/h2-14,17-18,23,28,37-38,41H,15-16,19-22,24-26H2,1H3/t37-,38+,41-,43-,44+/m0/s1. The van der Waals surface area contributed by atoms with Crippen molar-refractivity contribution in [3.63, 3.8) is 0 Å². The number of carbonyl (C=O) groups is 2. The van der Waals surface area contributed by atoms with Gasteiger partial charge in [-0.1, -0.05) is 72.8 Å². The number of piperidine rings is 1. The van der Waals surface area contributed by atoms with Crippen molar-refractivity contribution in [1.29, 1.82) is 0 Å². The van der Waals surface area contributed by atoms with Crippen LogP contribution in [0.15, 0.2) is 97.1 Å². The molecule has 2 bridgehead atoms. The second kappa shape index (κ2) is 11.7. The van der Waals surface area contributed by atoms with Gasteiger partial charge in [-0.3, -0.25) is 9.69 Å². The molecule has 3 fully saturated rings. The summed E-state index contributed by atoms with van der Waals surface area (Å²) in [6, 6.07) is 32.6. The van der Waals surface area contributed by atoms with Gasteiger partial charge in [0, 0.05) is 25.1 Å². The molecule has 2 saturated carbocycles. The summed E-state index contributed by atoms with van der Waals surface area (Å²) >= 11 is 0. The highest BCUT2D eigenvalue weighted by Crippen LogP contribution is 2.67. The predicted molar refractivity (Wildman–Crippen MR) is 194 cm³/mol. The van der Waals surface area contributed by atoms with E-state index in [1.807, 2.05) is 24.3 Å². The average Bonchev–Trinajstić information content (AvgIpc) is 3.90. The van der Waals surface area contributed by atoms with E-state index in [0.29, 0.717) is 30.1 Å². The average molecular weight is 680 g/mol. The van der Waals surface area contributed by atoms with E-state index in [1.54, 1.807) is 12.1 Å². The Labute approximate surface area is 297 Å². The quantitative estimate of drug-likeness (QED) is 0.0937. The Kier molecular flexibility index (Phi) is 7.10. The molecule has 0 amide bonds. The third-order valence-electron chi connectivity index (χ3n) is 12.5. The van der Waals surface area contributed by atoms with Crippen LogP contribution in [0.2, 0.25) is 0 Å². The van der Waals surface area contributed by atoms with E-state index in [2.05, 4.69) is 65.6 Å². The van der Waals surface area contributed by atoms with Crippen LogP contribution < -0.4 is 9.47 Å². The third-order valence-corrected chi connectivity index (χ3v) is 12.5. The maximum atomic E-state index is 13.4.